The number of hydrogen-bond acceptors (Lipinski definition) is 7. The summed E-state index contributed by atoms with van der Waals surface area (Å²) in [5.41, 5.74) is 0.512. The molecular weight excluding hydrogens is 320 g/mol. The fourth-order valence-corrected chi connectivity index (χ4v) is 1.93. The van der Waals surface area contributed by atoms with Crippen LogP contribution >= 0.6 is 0 Å². The summed E-state index contributed by atoms with van der Waals surface area (Å²) >= 11 is 0. The van der Waals surface area contributed by atoms with Crippen LogP contribution in [0.25, 0.3) is 0 Å². The summed E-state index contributed by atoms with van der Waals surface area (Å²) in [6, 6.07) is 6.78. The third-order valence-electron chi connectivity index (χ3n) is 3.15. The van der Waals surface area contributed by atoms with Crippen molar-refractivity contribution < 1.29 is 33.4 Å². The van der Waals surface area contributed by atoms with Gasteiger partial charge in [0.25, 0.3) is 11.8 Å². The lowest BCUT2D eigenvalue weighted by molar-refractivity contribution is -0.157. The molecule has 24 heavy (non-hydrogen) atoms. The maximum absolute atomic E-state index is 11.9. The largest absolute Gasteiger partial charge is 0.478 e. The lowest BCUT2D eigenvalue weighted by Crippen LogP contribution is -2.42. The van der Waals surface area contributed by atoms with Gasteiger partial charge in [-0.2, -0.15) is 0 Å². The number of nitrogens with one attached hydrogen (secondary N) is 2. The van der Waals surface area contributed by atoms with Crippen molar-refractivity contribution in [3.8, 4) is 5.75 Å². The van der Waals surface area contributed by atoms with Gasteiger partial charge < -0.3 is 19.5 Å². The smallest absolute Gasteiger partial charge is 0.413 e. The van der Waals surface area contributed by atoms with Gasteiger partial charge in [0.05, 0.1) is 19.2 Å². The Bertz CT molecular complexity index is 674. The minimum absolute atomic E-state index is 0.379. The second-order valence-corrected chi connectivity index (χ2v) is 4.91. The molecule has 1 aromatic carbocycles. The SMILES string of the molecule is COC(=O)NC(=O)[C@@H](C)OC(=O)C[C@@H]1Oc2ccccc2NC1=O. The van der Waals surface area contributed by atoms with E-state index in [9.17, 15) is 19.2 Å². The summed E-state index contributed by atoms with van der Waals surface area (Å²) in [6.45, 7) is 1.28. The first kappa shape index (κ1) is 17.3. The van der Waals surface area contributed by atoms with Gasteiger partial charge in [0.1, 0.15) is 5.75 Å². The van der Waals surface area contributed by atoms with E-state index in [-0.39, 0.29) is 6.42 Å². The number of benzene rings is 1. The van der Waals surface area contributed by atoms with E-state index in [1.165, 1.54) is 6.92 Å². The van der Waals surface area contributed by atoms with Crippen LogP contribution in [0.2, 0.25) is 0 Å². The molecule has 0 saturated carbocycles. The number of imide groups is 1. The Kier molecular flexibility index (Phi) is 5.35. The molecule has 2 atom stereocenters. The molecule has 0 aromatic heterocycles. The Morgan fingerprint density at radius 1 is 1.33 bits per heavy atom. The molecule has 0 aliphatic carbocycles. The highest BCUT2D eigenvalue weighted by Crippen LogP contribution is 2.29. The number of rotatable bonds is 4. The third-order valence-corrected chi connectivity index (χ3v) is 3.15. The van der Waals surface area contributed by atoms with Gasteiger partial charge in [-0.05, 0) is 19.1 Å². The Hall–Kier alpha value is -3.10. The van der Waals surface area contributed by atoms with Gasteiger partial charge in [-0.15, -0.1) is 0 Å². The van der Waals surface area contributed by atoms with Crippen molar-refractivity contribution >= 4 is 29.6 Å². The molecule has 1 aliphatic rings. The van der Waals surface area contributed by atoms with Crippen LogP contribution in [0.5, 0.6) is 5.75 Å². The van der Waals surface area contributed by atoms with E-state index in [0.29, 0.717) is 11.4 Å². The second-order valence-electron chi connectivity index (χ2n) is 4.91. The van der Waals surface area contributed by atoms with E-state index in [1.807, 2.05) is 5.32 Å². The molecule has 0 unspecified atom stereocenters. The maximum Gasteiger partial charge on any atom is 0.413 e. The highest BCUT2D eigenvalue weighted by molar-refractivity contribution is 6.00. The van der Waals surface area contributed by atoms with Gasteiger partial charge in [0, 0.05) is 0 Å². The molecule has 0 bridgehead atoms. The third kappa shape index (κ3) is 4.22. The molecule has 3 amide bonds. The molecule has 128 valence electrons. The number of esters is 1. The van der Waals surface area contributed by atoms with Crippen molar-refractivity contribution in [1.82, 2.24) is 5.32 Å². The zero-order valence-corrected chi connectivity index (χ0v) is 13.0. The number of alkyl carbamates (subject to hydrolysis) is 1. The number of methoxy groups -OCH3 is 1. The van der Waals surface area contributed by atoms with Crippen LogP contribution in [-0.2, 0) is 23.9 Å². The van der Waals surface area contributed by atoms with Crippen LogP contribution in [0.4, 0.5) is 10.5 Å². The molecule has 9 heteroatoms. The summed E-state index contributed by atoms with van der Waals surface area (Å²) in [5, 5.41) is 4.49. The molecule has 0 radical (unpaired) electrons. The number of para-hydroxylation sites is 2. The monoisotopic (exact) mass is 336 g/mol. The van der Waals surface area contributed by atoms with Gasteiger partial charge in [-0.3, -0.25) is 19.7 Å². The molecule has 1 aliphatic heterocycles. The summed E-state index contributed by atoms with van der Waals surface area (Å²) in [5.74, 6) is -1.71. The van der Waals surface area contributed by atoms with Crippen LogP contribution in [0, 0.1) is 0 Å². The Morgan fingerprint density at radius 2 is 2.04 bits per heavy atom. The number of amides is 3. The molecule has 0 spiro atoms. The van der Waals surface area contributed by atoms with Crippen LogP contribution in [0.15, 0.2) is 24.3 Å². The number of fused-ring (bicyclic) bond motifs is 1. The van der Waals surface area contributed by atoms with Crippen LogP contribution in [-0.4, -0.2) is 43.2 Å². The minimum Gasteiger partial charge on any atom is -0.478 e. The van der Waals surface area contributed by atoms with E-state index in [4.69, 9.17) is 9.47 Å². The highest BCUT2D eigenvalue weighted by atomic mass is 16.6. The summed E-state index contributed by atoms with van der Waals surface area (Å²) in [4.78, 5) is 46.3. The highest BCUT2D eigenvalue weighted by Gasteiger charge is 2.31. The molecular formula is C15H16N2O7. The van der Waals surface area contributed by atoms with E-state index >= 15 is 0 Å². The lowest BCUT2D eigenvalue weighted by Gasteiger charge is -2.25. The molecule has 1 aromatic rings. The minimum atomic E-state index is -1.23. The van der Waals surface area contributed by atoms with E-state index in [1.54, 1.807) is 24.3 Å². The maximum atomic E-state index is 11.9. The van der Waals surface area contributed by atoms with Crippen molar-refractivity contribution in [2.75, 3.05) is 12.4 Å². The molecule has 2 rings (SSSR count). The second kappa shape index (κ2) is 7.44. The van der Waals surface area contributed by atoms with Crippen LogP contribution < -0.4 is 15.4 Å². The first-order chi connectivity index (χ1) is 11.4. The Balaban J connectivity index is 1.89. The molecule has 0 fully saturated rings. The van der Waals surface area contributed by atoms with Gasteiger partial charge >= 0.3 is 12.1 Å². The number of ether oxygens (including phenoxy) is 3. The van der Waals surface area contributed by atoms with Gasteiger partial charge in [0.15, 0.2) is 12.2 Å². The zero-order valence-electron chi connectivity index (χ0n) is 13.0. The fourth-order valence-electron chi connectivity index (χ4n) is 1.93. The van der Waals surface area contributed by atoms with Gasteiger partial charge in [-0.25, -0.2) is 4.79 Å². The molecule has 1 heterocycles. The lowest BCUT2D eigenvalue weighted by atomic mass is 10.1. The van der Waals surface area contributed by atoms with Crippen molar-refractivity contribution in [2.24, 2.45) is 0 Å². The van der Waals surface area contributed by atoms with Crippen molar-refractivity contribution in [2.45, 2.75) is 25.6 Å². The molecule has 0 saturated heterocycles. The van der Waals surface area contributed by atoms with Crippen molar-refractivity contribution in [3.05, 3.63) is 24.3 Å². The normalized spacial score (nSPS) is 16.8. The molecule has 9 nitrogen and oxygen atoms in total. The number of carbonyl (C=O) groups is 4. The topological polar surface area (TPSA) is 120 Å². The van der Waals surface area contributed by atoms with Gasteiger partial charge in [-0.1, -0.05) is 12.1 Å². The predicted octanol–water partition coefficient (Wildman–Crippen LogP) is 0.590. The average Bonchev–Trinajstić information content (AvgIpc) is 2.55. The van der Waals surface area contributed by atoms with Crippen LogP contribution in [0.3, 0.4) is 0 Å². The van der Waals surface area contributed by atoms with Crippen molar-refractivity contribution in [1.29, 1.82) is 0 Å². The fraction of sp³-hybridized carbons (Fsp3) is 0.333. The standard InChI is InChI=1S/C15H16N2O7/c1-8(13(19)17-15(21)22-2)23-12(18)7-11-14(20)16-9-5-3-4-6-10(9)24-11/h3-6,8,11H,7H2,1-2H3,(H,16,20)(H,17,19,21)/t8-,11+/m1/s1. The van der Waals surface area contributed by atoms with E-state index in [0.717, 1.165) is 7.11 Å². The zero-order chi connectivity index (χ0) is 17.7. The Morgan fingerprint density at radius 3 is 2.75 bits per heavy atom. The first-order valence-electron chi connectivity index (χ1n) is 7.05. The van der Waals surface area contributed by atoms with E-state index < -0.39 is 36.1 Å². The number of carbonyl (C=O) groups excluding carboxylic acids is 4. The summed E-state index contributed by atoms with van der Waals surface area (Å²) in [6.07, 6.45) is -3.64. The van der Waals surface area contributed by atoms with Crippen molar-refractivity contribution in [3.63, 3.8) is 0 Å². The Labute approximate surface area is 137 Å². The van der Waals surface area contributed by atoms with E-state index in [2.05, 4.69) is 10.1 Å². The average molecular weight is 336 g/mol. The number of hydrogen-bond donors (Lipinski definition) is 2. The summed E-state index contributed by atoms with van der Waals surface area (Å²) in [7, 11) is 1.09. The van der Waals surface area contributed by atoms with Gasteiger partial charge in [0.2, 0.25) is 0 Å². The first-order valence-corrected chi connectivity index (χ1v) is 7.05. The molecule has 2 N–H and O–H groups in total. The predicted molar refractivity (Wildman–Crippen MR) is 80.2 cm³/mol. The number of anilines is 1. The summed E-state index contributed by atoms with van der Waals surface area (Å²) < 4.78 is 14.6. The quantitative estimate of drug-likeness (QED) is 0.772. The van der Waals surface area contributed by atoms with Crippen LogP contribution in [0.1, 0.15) is 13.3 Å².